The van der Waals surface area contributed by atoms with Gasteiger partial charge in [0.1, 0.15) is 17.3 Å². The average molecular weight is 362 g/mol. The molecule has 0 radical (unpaired) electrons. The lowest BCUT2D eigenvalue weighted by Gasteiger charge is -2.40. The number of carbonyl (C=O) groups is 2. The van der Waals surface area contributed by atoms with Crippen molar-refractivity contribution < 1.29 is 14.3 Å². The van der Waals surface area contributed by atoms with Gasteiger partial charge in [0.25, 0.3) is 0 Å². The van der Waals surface area contributed by atoms with Gasteiger partial charge in [0.15, 0.2) is 0 Å². The Labute approximate surface area is 158 Å². The van der Waals surface area contributed by atoms with E-state index in [1.54, 1.807) is 0 Å². The van der Waals surface area contributed by atoms with Crippen molar-refractivity contribution in [3.63, 3.8) is 0 Å². The van der Waals surface area contributed by atoms with Gasteiger partial charge >= 0.3 is 6.03 Å². The van der Waals surface area contributed by atoms with Gasteiger partial charge in [-0.2, -0.15) is 0 Å². The van der Waals surface area contributed by atoms with Crippen molar-refractivity contribution in [3.8, 4) is 11.5 Å². The van der Waals surface area contributed by atoms with E-state index in [9.17, 15) is 9.59 Å². The summed E-state index contributed by atoms with van der Waals surface area (Å²) in [4.78, 5) is 29.1. The van der Waals surface area contributed by atoms with Crippen molar-refractivity contribution in [1.82, 2.24) is 5.32 Å². The molecule has 0 aromatic heterocycles. The molecule has 2 unspecified atom stereocenters. The third-order valence-electron chi connectivity index (χ3n) is 5.07. The summed E-state index contributed by atoms with van der Waals surface area (Å²) in [6.45, 7) is 4.08. The second-order valence-electron chi connectivity index (χ2n) is 7.98. The van der Waals surface area contributed by atoms with Gasteiger partial charge in [0, 0.05) is 12.1 Å². The van der Waals surface area contributed by atoms with E-state index in [4.69, 9.17) is 4.74 Å². The number of fused-ring (bicyclic) bond motifs is 1. The molecule has 1 aliphatic heterocycles. The minimum atomic E-state index is -0.409. The van der Waals surface area contributed by atoms with Crippen molar-refractivity contribution in [2.24, 2.45) is 16.3 Å². The first-order valence-corrected chi connectivity index (χ1v) is 9.15. The maximum absolute atomic E-state index is 12.8. The number of rotatable bonds is 3. The van der Waals surface area contributed by atoms with Crippen LogP contribution >= 0.6 is 0 Å². The third kappa shape index (κ3) is 3.63. The molecular weight excluding hydrogens is 340 g/mol. The SMILES string of the molecule is CC1(C)CC(=O)C2C(=NC(=O)NC2c2cccc(Oc3ccccc3)c2)C1. The molecule has 2 atom stereocenters. The molecule has 1 N–H and O–H groups in total. The Morgan fingerprint density at radius 2 is 1.74 bits per heavy atom. The normalized spacial score (nSPS) is 23.9. The molecule has 5 heteroatoms. The molecule has 138 valence electrons. The number of amides is 2. The van der Waals surface area contributed by atoms with Crippen molar-refractivity contribution in [3.05, 3.63) is 60.2 Å². The topological polar surface area (TPSA) is 67.8 Å². The molecule has 2 aromatic rings. The number of benzene rings is 2. The van der Waals surface area contributed by atoms with Gasteiger partial charge in [-0.15, -0.1) is 0 Å². The predicted octanol–water partition coefficient (Wildman–Crippen LogP) is 4.69. The average Bonchev–Trinajstić information content (AvgIpc) is 2.60. The number of Topliss-reactive ketones (excluding diaryl/α,β-unsaturated/α-hetero) is 1. The Balaban J connectivity index is 1.65. The molecule has 1 fully saturated rings. The summed E-state index contributed by atoms with van der Waals surface area (Å²) in [6.07, 6.45) is 1.15. The fourth-order valence-electron chi connectivity index (χ4n) is 3.97. The maximum Gasteiger partial charge on any atom is 0.341 e. The van der Waals surface area contributed by atoms with Crippen LogP contribution < -0.4 is 10.1 Å². The Morgan fingerprint density at radius 3 is 2.52 bits per heavy atom. The number of nitrogens with one attached hydrogen (secondary N) is 1. The summed E-state index contributed by atoms with van der Waals surface area (Å²) in [7, 11) is 0. The maximum atomic E-state index is 12.8. The fourth-order valence-corrected chi connectivity index (χ4v) is 3.97. The zero-order chi connectivity index (χ0) is 19.0. The number of ether oxygens (including phenoxy) is 1. The summed E-state index contributed by atoms with van der Waals surface area (Å²) in [5.74, 6) is 1.13. The molecule has 0 saturated heterocycles. The zero-order valence-corrected chi connectivity index (χ0v) is 15.4. The van der Waals surface area contributed by atoms with Gasteiger partial charge in [0.2, 0.25) is 0 Å². The predicted molar refractivity (Wildman–Crippen MR) is 103 cm³/mol. The molecule has 1 heterocycles. The monoisotopic (exact) mass is 362 g/mol. The number of carbonyl (C=O) groups excluding carboxylic acids is 2. The molecule has 2 aromatic carbocycles. The molecule has 2 aliphatic rings. The van der Waals surface area contributed by atoms with Crippen molar-refractivity contribution in [2.75, 3.05) is 0 Å². The summed E-state index contributed by atoms with van der Waals surface area (Å²) in [5.41, 5.74) is 1.38. The first-order chi connectivity index (χ1) is 12.9. The number of urea groups is 1. The number of para-hydroxylation sites is 1. The van der Waals surface area contributed by atoms with Crippen LogP contribution in [0, 0.1) is 11.3 Å². The Kier molecular flexibility index (Phi) is 4.30. The largest absolute Gasteiger partial charge is 0.457 e. The van der Waals surface area contributed by atoms with E-state index in [1.807, 2.05) is 68.4 Å². The number of aliphatic imine (C=N–C) groups is 1. The van der Waals surface area contributed by atoms with Crippen molar-refractivity contribution in [2.45, 2.75) is 32.7 Å². The van der Waals surface area contributed by atoms with Gasteiger partial charge in [-0.25, -0.2) is 9.79 Å². The van der Waals surface area contributed by atoms with Gasteiger partial charge < -0.3 is 10.1 Å². The fraction of sp³-hybridized carbons (Fsp3) is 0.318. The lowest BCUT2D eigenvalue weighted by molar-refractivity contribution is -0.124. The quantitative estimate of drug-likeness (QED) is 0.861. The van der Waals surface area contributed by atoms with Crippen LogP contribution in [-0.4, -0.2) is 17.5 Å². The van der Waals surface area contributed by atoms with Crippen LogP contribution in [-0.2, 0) is 4.79 Å². The molecule has 1 saturated carbocycles. The lowest BCUT2D eigenvalue weighted by Crippen LogP contribution is -2.49. The van der Waals surface area contributed by atoms with Crippen LogP contribution in [0.5, 0.6) is 11.5 Å². The Bertz CT molecular complexity index is 918. The molecule has 2 amide bonds. The van der Waals surface area contributed by atoms with Crippen LogP contribution in [0.2, 0.25) is 0 Å². The minimum absolute atomic E-state index is 0.129. The smallest absolute Gasteiger partial charge is 0.341 e. The van der Waals surface area contributed by atoms with Crippen LogP contribution in [0.4, 0.5) is 4.79 Å². The summed E-state index contributed by atoms with van der Waals surface area (Å²) in [5, 5.41) is 2.88. The first kappa shape index (κ1) is 17.5. The number of hydrogen-bond acceptors (Lipinski definition) is 3. The van der Waals surface area contributed by atoms with Crippen LogP contribution in [0.1, 0.15) is 38.3 Å². The van der Waals surface area contributed by atoms with Crippen molar-refractivity contribution >= 4 is 17.5 Å². The molecule has 5 nitrogen and oxygen atoms in total. The highest BCUT2D eigenvalue weighted by molar-refractivity contribution is 6.13. The van der Waals surface area contributed by atoms with E-state index in [0.717, 1.165) is 11.3 Å². The second-order valence-corrected chi connectivity index (χ2v) is 7.98. The zero-order valence-electron chi connectivity index (χ0n) is 15.4. The van der Waals surface area contributed by atoms with Gasteiger partial charge in [-0.05, 0) is 41.7 Å². The summed E-state index contributed by atoms with van der Waals surface area (Å²) >= 11 is 0. The third-order valence-corrected chi connectivity index (χ3v) is 5.07. The van der Waals surface area contributed by atoms with E-state index in [2.05, 4.69) is 10.3 Å². The number of nitrogens with zero attached hydrogens (tertiary/aromatic N) is 1. The summed E-state index contributed by atoms with van der Waals surface area (Å²) in [6, 6.07) is 16.3. The molecule has 1 aliphatic carbocycles. The number of ketones is 1. The molecule has 4 rings (SSSR count). The second kappa shape index (κ2) is 6.65. The summed E-state index contributed by atoms with van der Waals surface area (Å²) < 4.78 is 5.90. The molecular formula is C22H22N2O3. The van der Waals surface area contributed by atoms with E-state index < -0.39 is 12.0 Å². The highest BCUT2D eigenvalue weighted by atomic mass is 16.5. The molecule has 0 spiro atoms. The van der Waals surface area contributed by atoms with Gasteiger partial charge in [-0.3, -0.25) is 4.79 Å². The van der Waals surface area contributed by atoms with E-state index >= 15 is 0 Å². The molecule has 0 bridgehead atoms. The molecule has 27 heavy (non-hydrogen) atoms. The van der Waals surface area contributed by atoms with Gasteiger partial charge in [-0.1, -0.05) is 44.2 Å². The van der Waals surface area contributed by atoms with E-state index in [1.165, 1.54) is 0 Å². The Hall–Kier alpha value is -2.95. The van der Waals surface area contributed by atoms with E-state index in [0.29, 0.717) is 24.3 Å². The van der Waals surface area contributed by atoms with E-state index in [-0.39, 0.29) is 17.2 Å². The van der Waals surface area contributed by atoms with Crippen LogP contribution in [0.25, 0.3) is 0 Å². The lowest BCUT2D eigenvalue weighted by atomic mass is 9.67. The first-order valence-electron chi connectivity index (χ1n) is 9.15. The number of hydrogen-bond donors (Lipinski definition) is 1. The standard InChI is InChI=1S/C22H22N2O3/c1-22(2)12-17-19(18(25)13-22)20(24-21(26)23-17)14-7-6-10-16(11-14)27-15-8-4-3-5-9-15/h3-11,19-20H,12-13H2,1-2H3,(H,24,26). The van der Waals surface area contributed by atoms with Crippen molar-refractivity contribution in [1.29, 1.82) is 0 Å². The van der Waals surface area contributed by atoms with Gasteiger partial charge in [0.05, 0.1) is 12.0 Å². The van der Waals surface area contributed by atoms with Crippen LogP contribution in [0.3, 0.4) is 0 Å². The Morgan fingerprint density at radius 1 is 1.00 bits per heavy atom. The minimum Gasteiger partial charge on any atom is -0.457 e. The van der Waals surface area contributed by atoms with Crippen LogP contribution in [0.15, 0.2) is 59.6 Å². The highest BCUT2D eigenvalue weighted by Crippen LogP contribution is 2.41. The highest BCUT2D eigenvalue weighted by Gasteiger charge is 2.45.